The number of morpholine rings is 1. The Balaban J connectivity index is 1.43. The Hall–Kier alpha value is -0.950. The highest BCUT2D eigenvalue weighted by Crippen LogP contribution is 2.34. The van der Waals surface area contributed by atoms with Gasteiger partial charge in [-0.2, -0.15) is 0 Å². The summed E-state index contributed by atoms with van der Waals surface area (Å²) in [5, 5.41) is 12.6. The minimum absolute atomic E-state index is 0.183. The van der Waals surface area contributed by atoms with Crippen molar-refractivity contribution in [1.29, 1.82) is 0 Å². The molecule has 24 heavy (non-hydrogen) atoms. The summed E-state index contributed by atoms with van der Waals surface area (Å²) in [6.45, 7) is 7.83. The largest absolute Gasteiger partial charge is 0.391 e. The highest BCUT2D eigenvalue weighted by atomic mass is 32.1. The molecule has 0 saturated carbocycles. The highest BCUT2D eigenvalue weighted by molar-refractivity contribution is 7.10. The molecule has 2 aliphatic heterocycles. The molecule has 1 amide bonds. The molecule has 0 unspecified atom stereocenters. The minimum atomic E-state index is -0.445. The summed E-state index contributed by atoms with van der Waals surface area (Å²) in [4.78, 5) is 17.9. The zero-order valence-corrected chi connectivity index (χ0v) is 15.3. The first-order valence-electron chi connectivity index (χ1n) is 8.95. The molecule has 5 nitrogen and oxygen atoms in total. The lowest BCUT2D eigenvalue weighted by molar-refractivity contribution is -0.134. The number of aliphatic hydroxyl groups is 1. The molecule has 134 valence electrons. The lowest BCUT2D eigenvalue weighted by Gasteiger charge is -2.36. The van der Waals surface area contributed by atoms with Crippen molar-refractivity contribution in [1.82, 2.24) is 9.80 Å². The maximum Gasteiger partial charge on any atom is 0.222 e. The molecule has 3 rings (SSSR count). The third-order valence-corrected chi connectivity index (χ3v) is 6.29. The molecule has 0 spiro atoms. The Morgan fingerprint density at radius 1 is 1.38 bits per heavy atom. The van der Waals surface area contributed by atoms with Crippen LogP contribution in [-0.2, 0) is 9.53 Å². The van der Waals surface area contributed by atoms with E-state index in [0.717, 1.165) is 52.2 Å². The van der Waals surface area contributed by atoms with Crippen molar-refractivity contribution in [2.75, 3.05) is 45.9 Å². The number of aryl methyl sites for hydroxylation is 1. The van der Waals surface area contributed by atoms with Crippen molar-refractivity contribution >= 4 is 17.2 Å². The van der Waals surface area contributed by atoms with Gasteiger partial charge < -0.3 is 14.7 Å². The van der Waals surface area contributed by atoms with Gasteiger partial charge in [-0.15, -0.1) is 11.3 Å². The van der Waals surface area contributed by atoms with Gasteiger partial charge in [-0.1, -0.05) is 0 Å². The van der Waals surface area contributed by atoms with Crippen LogP contribution in [0.2, 0.25) is 0 Å². The van der Waals surface area contributed by atoms with Gasteiger partial charge in [-0.3, -0.25) is 9.69 Å². The van der Waals surface area contributed by atoms with Crippen LogP contribution in [0, 0.1) is 6.92 Å². The van der Waals surface area contributed by atoms with Gasteiger partial charge in [-0.05, 0) is 43.3 Å². The predicted octanol–water partition coefficient (Wildman–Crippen LogP) is 1.85. The Bertz CT molecular complexity index is 542. The molecule has 1 N–H and O–H groups in total. The zero-order valence-electron chi connectivity index (χ0n) is 14.4. The van der Waals surface area contributed by atoms with E-state index in [0.29, 0.717) is 13.0 Å². The maximum atomic E-state index is 12.4. The second-order valence-electron chi connectivity index (χ2n) is 6.83. The molecule has 0 aromatic carbocycles. The van der Waals surface area contributed by atoms with Crippen molar-refractivity contribution in [2.24, 2.45) is 0 Å². The summed E-state index contributed by atoms with van der Waals surface area (Å²) in [7, 11) is 0. The number of carbonyl (C=O) groups excluding carboxylic acids is 1. The van der Waals surface area contributed by atoms with Crippen molar-refractivity contribution in [3.05, 3.63) is 21.9 Å². The number of thiophene rings is 1. The van der Waals surface area contributed by atoms with E-state index in [9.17, 15) is 9.90 Å². The summed E-state index contributed by atoms with van der Waals surface area (Å²) in [6.07, 6.45) is 1.88. The lowest BCUT2D eigenvalue weighted by Crippen LogP contribution is -2.46. The molecule has 1 aromatic rings. The van der Waals surface area contributed by atoms with Crippen LogP contribution < -0.4 is 0 Å². The quantitative estimate of drug-likeness (QED) is 0.879. The van der Waals surface area contributed by atoms with E-state index >= 15 is 0 Å². The molecule has 2 saturated heterocycles. The molecule has 0 aliphatic carbocycles. The van der Waals surface area contributed by atoms with Gasteiger partial charge in [0.05, 0.1) is 19.3 Å². The SMILES string of the molecule is Cc1ccsc1[C@@H]1CCN(C(=O)CCCN2CCOCC2)C[C@H]1O. The number of hydrogen-bond donors (Lipinski definition) is 1. The predicted molar refractivity (Wildman–Crippen MR) is 95.5 cm³/mol. The summed E-state index contributed by atoms with van der Waals surface area (Å²) < 4.78 is 5.34. The van der Waals surface area contributed by atoms with Crippen LogP contribution in [0.5, 0.6) is 0 Å². The van der Waals surface area contributed by atoms with Crippen molar-refractivity contribution in [3.8, 4) is 0 Å². The number of piperidine rings is 1. The molecule has 2 aliphatic rings. The molecule has 0 bridgehead atoms. The van der Waals surface area contributed by atoms with E-state index in [1.807, 2.05) is 4.90 Å². The monoisotopic (exact) mass is 352 g/mol. The van der Waals surface area contributed by atoms with Crippen LogP contribution in [-0.4, -0.2) is 72.9 Å². The first-order valence-corrected chi connectivity index (χ1v) is 9.83. The number of likely N-dealkylation sites (tertiary alicyclic amines) is 1. The number of rotatable bonds is 5. The topological polar surface area (TPSA) is 53.0 Å². The van der Waals surface area contributed by atoms with E-state index in [-0.39, 0.29) is 11.8 Å². The molecule has 6 heteroatoms. The molecule has 1 aromatic heterocycles. The summed E-state index contributed by atoms with van der Waals surface area (Å²) >= 11 is 1.72. The number of β-amino-alcohol motifs (C(OH)–C–C–N with tert-alkyl or cyclic N) is 1. The van der Waals surface area contributed by atoms with Crippen LogP contribution in [0.1, 0.15) is 35.6 Å². The van der Waals surface area contributed by atoms with Gasteiger partial charge in [0.15, 0.2) is 0 Å². The fourth-order valence-electron chi connectivity index (χ4n) is 3.67. The summed E-state index contributed by atoms with van der Waals surface area (Å²) in [6, 6.07) is 2.11. The Labute approximate surface area is 148 Å². The van der Waals surface area contributed by atoms with E-state index in [1.165, 1.54) is 10.4 Å². The number of aliphatic hydroxyl groups excluding tert-OH is 1. The molecular weight excluding hydrogens is 324 g/mol. The summed E-state index contributed by atoms with van der Waals surface area (Å²) in [5.74, 6) is 0.367. The van der Waals surface area contributed by atoms with Gasteiger partial charge in [-0.25, -0.2) is 0 Å². The van der Waals surface area contributed by atoms with E-state index in [4.69, 9.17) is 4.74 Å². The summed E-state index contributed by atoms with van der Waals surface area (Å²) in [5.41, 5.74) is 1.26. The van der Waals surface area contributed by atoms with Crippen LogP contribution in [0.3, 0.4) is 0 Å². The molecule has 3 heterocycles. The number of amides is 1. The third kappa shape index (κ3) is 4.36. The third-order valence-electron chi connectivity index (χ3n) is 5.14. The van der Waals surface area contributed by atoms with E-state index < -0.39 is 6.10 Å². The zero-order chi connectivity index (χ0) is 16.9. The smallest absolute Gasteiger partial charge is 0.222 e. The van der Waals surface area contributed by atoms with Crippen molar-refractivity contribution in [2.45, 2.75) is 38.2 Å². The van der Waals surface area contributed by atoms with E-state index in [2.05, 4.69) is 23.3 Å². The number of carbonyl (C=O) groups is 1. The molecular formula is C18H28N2O3S. The number of hydrogen-bond acceptors (Lipinski definition) is 5. The van der Waals surface area contributed by atoms with E-state index in [1.54, 1.807) is 11.3 Å². The molecule has 2 fully saturated rings. The number of nitrogens with zero attached hydrogens (tertiary/aromatic N) is 2. The number of ether oxygens (including phenoxy) is 1. The fourth-order valence-corrected chi connectivity index (χ4v) is 4.79. The van der Waals surface area contributed by atoms with Gasteiger partial charge in [0.1, 0.15) is 0 Å². The Morgan fingerprint density at radius 2 is 2.17 bits per heavy atom. The van der Waals surface area contributed by atoms with Crippen LogP contribution in [0.4, 0.5) is 0 Å². The first kappa shape index (κ1) is 17.9. The second-order valence-corrected chi connectivity index (χ2v) is 7.78. The second kappa shape index (κ2) is 8.43. The van der Waals surface area contributed by atoms with Gasteiger partial charge >= 0.3 is 0 Å². The molecule has 0 radical (unpaired) electrons. The van der Waals surface area contributed by atoms with Gasteiger partial charge in [0.25, 0.3) is 0 Å². The minimum Gasteiger partial charge on any atom is -0.391 e. The highest BCUT2D eigenvalue weighted by Gasteiger charge is 2.32. The molecule has 2 atom stereocenters. The first-order chi connectivity index (χ1) is 11.6. The van der Waals surface area contributed by atoms with Crippen LogP contribution >= 0.6 is 11.3 Å². The average molecular weight is 353 g/mol. The Morgan fingerprint density at radius 3 is 2.83 bits per heavy atom. The van der Waals surface area contributed by atoms with Crippen LogP contribution in [0.25, 0.3) is 0 Å². The van der Waals surface area contributed by atoms with Crippen molar-refractivity contribution in [3.63, 3.8) is 0 Å². The lowest BCUT2D eigenvalue weighted by atomic mass is 9.90. The van der Waals surface area contributed by atoms with Crippen molar-refractivity contribution < 1.29 is 14.6 Å². The van der Waals surface area contributed by atoms with Crippen LogP contribution in [0.15, 0.2) is 11.4 Å². The van der Waals surface area contributed by atoms with Gasteiger partial charge in [0, 0.05) is 43.4 Å². The maximum absolute atomic E-state index is 12.4. The van der Waals surface area contributed by atoms with Gasteiger partial charge in [0.2, 0.25) is 5.91 Å². The Kier molecular flexibility index (Phi) is 6.27. The standard InChI is InChI=1S/C18H28N2O3S/c1-14-5-12-24-18(14)15-4-7-20(13-16(15)21)17(22)3-2-6-19-8-10-23-11-9-19/h5,12,15-16,21H,2-4,6-11,13H2,1H3/t15-,16-/m1/s1. The average Bonchev–Trinajstić information content (AvgIpc) is 3.01. The fraction of sp³-hybridized carbons (Fsp3) is 0.722. The normalized spacial score (nSPS) is 25.8.